The van der Waals surface area contributed by atoms with Crippen molar-refractivity contribution < 1.29 is 26.3 Å². The maximum absolute atomic E-state index is 12.7. The number of anilines is 1. The topological polar surface area (TPSA) is 36.1 Å². The molecule has 0 aliphatic heterocycles. The van der Waals surface area contributed by atoms with Crippen LogP contribution in [0.4, 0.5) is 32.0 Å². The number of nitrogens with one attached hydrogen (secondary N) is 3. The van der Waals surface area contributed by atoms with Crippen molar-refractivity contribution >= 4 is 23.0 Å². The highest BCUT2D eigenvalue weighted by Gasteiger charge is 2.37. The lowest BCUT2D eigenvalue weighted by Gasteiger charge is -2.23. The lowest BCUT2D eigenvalue weighted by molar-refractivity contribution is -0.143. The van der Waals surface area contributed by atoms with Gasteiger partial charge in [-0.25, -0.2) is 5.43 Å². The first-order chi connectivity index (χ1) is 10.2. The smallest absolute Gasteiger partial charge is 0.332 e. The van der Waals surface area contributed by atoms with Gasteiger partial charge in [0.1, 0.15) is 0 Å². The van der Waals surface area contributed by atoms with Gasteiger partial charge in [-0.1, -0.05) is 0 Å². The molecule has 130 valence electrons. The molecule has 0 unspecified atom stereocenters. The second kappa shape index (κ2) is 6.52. The van der Waals surface area contributed by atoms with Gasteiger partial charge in [-0.2, -0.15) is 26.3 Å². The number of rotatable bonds is 2. The highest BCUT2D eigenvalue weighted by molar-refractivity contribution is 7.80. The molecule has 0 aliphatic rings. The predicted molar refractivity (Wildman–Crippen MR) is 78.7 cm³/mol. The summed E-state index contributed by atoms with van der Waals surface area (Å²) in [4.78, 5) is 0. The second-order valence-corrected chi connectivity index (χ2v) is 6.16. The predicted octanol–water partition coefficient (Wildman–Crippen LogP) is 4.31. The maximum Gasteiger partial charge on any atom is 0.416 e. The molecule has 1 rings (SSSR count). The number of hydrogen-bond acceptors (Lipinski definition) is 2. The maximum atomic E-state index is 12.7. The summed E-state index contributed by atoms with van der Waals surface area (Å²) in [6.07, 6.45) is -9.81. The van der Waals surface area contributed by atoms with Crippen molar-refractivity contribution in [1.82, 2.24) is 10.9 Å². The summed E-state index contributed by atoms with van der Waals surface area (Å²) in [5.74, 6) is 0. The van der Waals surface area contributed by atoms with Gasteiger partial charge in [0, 0.05) is 11.2 Å². The molecule has 0 heterocycles. The molecule has 1 aromatic rings. The Bertz CT molecular complexity index is 542. The van der Waals surface area contributed by atoms with Crippen LogP contribution in [0.25, 0.3) is 0 Å². The Kier molecular flexibility index (Phi) is 5.53. The van der Waals surface area contributed by atoms with Crippen LogP contribution < -0.4 is 16.2 Å². The van der Waals surface area contributed by atoms with E-state index in [9.17, 15) is 26.3 Å². The molecule has 10 heteroatoms. The quantitative estimate of drug-likeness (QED) is 0.418. The zero-order valence-corrected chi connectivity index (χ0v) is 13.2. The van der Waals surface area contributed by atoms with Crippen LogP contribution in [-0.4, -0.2) is 10.7 Å². The van der Waals surface area contributed by atoms with Crippen molar-refractivity contribution in [3.05, 3.63) is 29.3 Å². The van der Waals surface area contributed by atoms with E-state index in [-0.39, 0.29) is 11.2 Å². The van der Waals surface area contributed by atoms with E-state index in [1.807, 2.05) is 0 Å². The van der Waals surface area contributed by atoms with Crippen LogP contribution in [0, 0.1) is 0 Å². The summed E-state index contributed by atoms with van der Waals surface area (Å²) >= 11 is 4.83. The normalized spacial score (nSPS) is 12.9. The Morgan fingerprint density at radius 2 is 1.30 bits per heavy atom. The Labute approximate surface area is 134 Å². The van der Waals surface area contributed by atoms with Gasteiger partial charge in [0.15, 0.2) is 5.11 Å². The van der Waals surface area contributed by atoms with E-state index in [1.165, 1.54) is 0 Å². The van der Waals surface area contributed by atoms with Crippen LogP contribution in [0.1, 0.15) is 31.9 Å². The Hall–Kier alpha value is -1.55. The first kappa shape index (κ1) is 19.5. The van der Waals surface area contributed by atoms with E-state index >= 15 is 0 Å². The summed E-state index contributed by atoms with van der Waals surface area (Å²) in [5.41, 5.74) is 1.58. The van der Waals surface area contributed by atoms with E-state index in [0.29, 0.717) is 12.1 Å². The van der Waals surface area contributed by atoms with Crippen LogP contribution in [0.3, 0.4) is 0 Å². The molecule has 0 bridgehead atoms. The molecule has 0 saturated carbocycles. The summed E-state index contributed by atoms with van der Waals surface area (Å²) in [7, 11) is 0. The molecule has 0 saturated heterocycles. The SMILES string of the molecule is CC(C)(C)NNC(=S)Nc1cc(C(F)(F)F)cc(C(F)(F)F)c1. The Morgan fingerprint density at radius 1 is 0.870 bits per heavy atom. The van der Waals surface area contributed by atoms with Gasteiger partial charge in [0.2, 0.25) is 0 Å². The number of benzene rings is 1. The molecular weight excluding hydrogens is 344 g/mol. The molecule has 0 spiro atoms. The van der Waals surface area contributed by atoms with Crippen molar-refractivity contribution in [2.75, 3.05) is 5.32 Å². The first-order valence-electron chi connectivity index (χ1n) is 6.32. The van der Waals surface area contributed by atoms with Crippen LogP contribution in [0.15, 0.2) is 18.2 Å². The molecule has 3 N–H and O–H groups in total. The molecule has 0 amide bonds. The molecule has 0 aromatic heterocycles. The van der Waals surface area contributed by atoms with Crippen LogP contribution in [0.5, 0.6) is 0 Å². The largest absolute Gasteiger partial charge is 0.416 e. The molecule has 0 fully saturated rings. The minimum atomic E-state index is -4.91. The molecule has 23 heavy (non-hydrogen) atoms. The standard InChI is InChI=1S/C13H15F6N3S/c1-11(2,3)22-21-10(23)20-9-5-7(12(14,15)16)4-8(6-9)13(17,18)19/h4-6,22H,1-3H3,(H2,20,21,23). The van der Waals surface area contributed by atoms with Gasteiger partial charge in [-0.15, -0.1) is 0 Å². The minimum Gasteiger partial charge on any atom is -0.332 e. The van der Waals surface area contributed by atoms with E-state index in [2.05, 4.69) is 16.2 Å². The zero-order chi connectivity index (χ0) is 18.1. The lowest BCUT2D eigenvalue weighted by Crippen LogP contribution is -2.50. The number of thiocarbonyl (C=S) groups is 1. The number of alkyl halides is 6. The van der Waals surface area contributed by atoms with Crippen LogP contribution in [-0.2, 0) is 12.4 Å². The van der Waals surface area contributed by atoms with Crippen molar-refractivity contribution in [2.24, 2.45) is 0 Å². The Balaban J connectivity index is 3.04. The average molecular weight is 359 g/mol. The molecular formula is C13H15F6N3S. The molecule has 0 aliphatic carbocycles. The van der Waals surface area contributed by atoms with E-state index in [0.717, 1.165) is 0 Å². The monoisotopic (exact) mass is 359 g/mol. The van der Waals surface area contributed by atoms with Gasteiger partial charge < -0.3 is 5.32 Å². The van der Waals surface area contributed by atoms with Crippen molar-refractivity contribution in [3.63, 3.8) is 0 Å². The third-order valence-electron chi connectivity index (χ3n) is 2.40. The third kappa shape index (κ3) is 6.61. The van der Waals surface area contributed by atoms with Crippen LogP contribution >= 0.6 is 12.2 Å². The van der Waals surface area contributed by atoms with E-state index in [4.69, 9.17) is 12.2 Å². The second-order valence-electron chi connectivity index (χ2n) is 5.75. The molecule has 3 nitrogen and oxygen atoms in total. The van der Waals surface area contributed by atoms with Crippen molar-refractivity contribution in [1.29, 1.82) is 0 Å². The third-order valence-corrected chi connectivity index (χ3v) is 2.60. The van der Waals surface area contributed by atoms with Gasteiger partial charge in [0.05, 0.1) is 11.1 Å². The fourth-order valence-electron chi connectivity index (χ4n) is 1.43. The fraction of sp³-hybridized carbons (Fsp3) is 0.462. The molecule has 0 atom stereocenters. The minimum absolute atomic E-state index is 0.0507. The summed E-state index contributed by atoms with van der Waals surface area (Å²) in [6.45, 7) is 5.36. The molecule has 0 radical (unpaired) electrons. The van der Waals surface area contributed by atoms with Crippen LogP contribution in [0.2, 0.25) is 0 Å². The Morgan fingerprint density at radius 3 is 1.65 bits per heavy atom. The van der Waals surface area contributed by atoms with Gasteiger partial charge in [-0.3, -0.25) is 5.43 Å². The number of halogens is 6. The van der Waals surface area contributed by atoms with Crippen molar-refractivity contribution in [2.45, 2.75) is 38.7 Å². The highest BCUT2D eigenvalue weighted by Crippen LogP contribution is 2.37. The van der Waals surface area contributed by atoms with Crippen molar-refractivity contribution in [3.8, 4) is 0 Å². The van der Waals surface area contributed by atoms with Gasteiger partial charge in [0.25, 0.3) is 0 Å². The van der Waals surface area contributed by atoms with Gasteiger partial charge in [-0.05, 0) is 51.2 Å². The zero-order valence-electron chi connectivity index (χ0n) is 12.4. The first-order valence-corrected chi connectivity index (χ1v) is 6.73. The lowest BCUT2D eigenvalue weighted by atomic mass is 10.1. The molecule has 1 aromatic carbocycles. The van der Waals surface area contributed by atoms with E-state index < -0.39 is 34.7 Å². The number of hydrogen-bond donors (Lipinski definition) is 3. The summed E-state index contributed by atoms with van der Waals surface area (Å²) in [6, 6.07) is 1.16. The average Bonchev–Trinajstić information content (AvgIpc) is 2.33. The fourth-order valence-corrected chi connectivity index (χ4v) is 1.60. The number of hydrazine groups is 1. The van der Waals surface area contributed by atoms with Gasteiger partial charge >= 0.3 is 12.4 Å². The summed E-state index contributed by atoms with van der Waals surface area (Å²) < 4.78 is 76.3. The highest BCUT2D eigenvalue weighted by atomic mass is 32.1. The summed E-state index contributed by atoms with van der Waals surface area (Å²) in [5, 5.41) is 2.14. The van der Waals surface area contributed by atoms with E-state index in [1.54, 1.807) is 20.8 Å².